The molecular weight excluding hydrogens is 632 g/mol. The monoisotopic (exact) mass is 657 g/mol. The molecule has 1 heterocycles. The Hall–Kier alpha value is -4.29. The Balaban J connectivity index is 1.53. The maximum Gasteiger partial charge on any atom is 0.416 e. The Bertz CT molecular complexity index is 1720. The molecule has 0 radical (unpaired) electrons. The number of carbonyl (C=O) groups excluding carboxylic acids is 1. The number of carbonyl (C=O) groups is 1. The molecule has 0 aromatic heterocycles. The number of ether oxygens (including phenoxy) is 1. The normalized spacial score (nSPS) is 20.8. The van der Waals surface area contributed by atoms with Crippen LogP contribution in [0, 0.1) is 18.7 Å². The largest absolute Gasteiger partial charge is 0.443 e. The van der Waals surface area contributed by atoms with Gasteiger partial charge in [-0.05, 0) is 78.4 Å². The Morgan fingerprint density at radius 3 is 2.15 bits per heavy atom. The van der Waals surface area contributed by atoms with Gasteiger partial charge in [0.25, 0.3) is 0 Å². The van der Waals surface area contributed by atoms with Crippen LogP contribution >= 0.6 is 0 Å². The highest BCUT2D eigenvalue weighted by Crippen LogP contribution is 2.44. The van der Waals surface area contributed by atoms with E-state index in [-0.39, 0.29) is 22.8 Å². The molecule has 0 spiro atoms. The molecule has 1 aliphatic carbocycles. The molecule has 0 saturated carbocycles. The third kappa shape index (κ3) is 6.63. The lowest BCUT2D eigenvalue weighted by Crippen LogP contribution is -2.38. The molecule has 0 bridgehead atoms. The number of hydrogen-bond donors (Lipinski definition) is 0. The van der Waals surface area contributed by atoms with Crippen molar-refractivity contribution in [2.45, 2.75) is 57.5 Å². The summed E-state index contributed by atoms with van der Waals surface area (Å²) in [5, 5.41) is 0. The Kier molecular flexibility index (Phi) is 8.50. The van der Waals surface area contributed by atoms with Crippen LogP contribution in [0.4, 0.5) is 48.7 Å². The summed E-state index contributed by atoms with van der Waals surface area (Å²) in [5.41, 5.74) is -2.21. The summed E-state index contributed by atoms with van der Waals surface area (Å²) in [4.78, 5) is 13.9. The average Bonchev–Trinajstić information content (AvgIpc) is 3.25. The summed E-state index contributed by atoms with van der Waals surface area (Å²) >= 11 is 0. The number of halogens is 10. The fraction of sp³-hybridized carbons (Fsp3) is 0.303. The molecule has 1 saturated heterocycles. The molecule has 1 unspecified atom stereocenters. The fourth-order valence-corrected chi connectivity index (χ4v) is 5.85. The molecule has 5 rings (SSSR count). The molecule has 3 aromatic carbocycles. The number of nitrogens with zero attached hydrogens (tertiary/aromatic N) is 1. The van der Waals surface area contributed by atoms with E-state index in [4.69, 9.17) is 4.74 Å². The van der Waals surface area contributed by atoms with Crippen LogP contribution in [0.2, 0.25) is 0 Å². The summed E-state index contributed by atoms with van der Waals surface area (Å²) < 4.78 is 143. The molecule has 13 heteroatoms. The molecule has 1 fully saturated rings. The Morgan fingerprint density at radius 1 is 0.826 bits per heavy atom. The van der Waals surface area contributed by atoms with Gasteiger partial charge in [-0.15, -0.1) is 0 Å². The van der Waals surface area contributed by atoms with Gasteiger partial charge in [0, 0.05) is 17.1 Å². The first-order chi connectivity index (χ1) is 21.3. The van der Waals surface area contributed by atoms with Gasteiger partial charge < -0.3 is 4.74 Å². The summed E-state index contributed by atoms with van der Waals surface area (Å²) in [6, 6.07) is 12.7. The zero-order valence-electron chi connectivity index (χ0n) is 24.1. The molecular formula is C33H25F10NO2. The predicted molar refractivity (Wildman–Crippen MR) is 149 cm³/mol. The number of rotatable bonds is 5. The lowest BCUT2D eigenvalue weighted by Gasteiger charge is -2.30. The second-order valence-electron chi connectivity index (χ2n) is 11.3. The zero-order chi connectivity index (χ0) is 33.8. The standard InChI is InChI=1S/C33H25F10NO2/c1-17-5-3-4-6-25(17)19-7-10-28(34)27(14-19)26-9-8-22(31(35,36)37)13-21(26)16-44-18(2)29(46-30(44)45)20-11-23(32(38,39)40)15-24(12-20)33(41,42)43/h3-11,13-15,18,20,29H,12,16H2,1-2H3/t18-,20?,29-/m0/s1. The van der Waals surface area contributed by atoms with Crippen LogP contribution in [0.1, 0.15) is 30.0 Å². The van der Waals surface area contributed by atoms with Crippen molar-refractivity contribution in [1.82, 2.24) is 4.90 Å². The van der Waals surface area contributed by atoms with Crippen LogP contribution < -0.4 is 0 Å². The minimum atomic E-state index is -5.12. The Labute approximate surface area is 256 Å². The van der Waals surface area contributed by atoms with Crippen molar-refractivity contribution in [1.29, 1.82) is 0 Å². The second-order valence-corrected chi connectivity index (χ2v) is 11.3. The second kappa shape index (κ2) is 11.8. The molecule has 1 amide bonds. The highest BCUT2D eigenvalue weighted by atomic mass is 19.4. The first kappa shape index (κ1) is 33.1. The van der Waals surface area contributed by atoms with E-state index in [2.05, 4.69) is 0 Å². The molecule has 3 aromatic rings. The van der Waals surface area contributed by atoms with Crippen LogP contribution in [0.3, 0.4) is 0 Å². The van der Waals surface area contributed by atoms with Crippen LogP contribution in [-0.2, 0) is 17.5 Å². The van der Waals surface area contributed by atoms with Crippen molar-refractivity contribution in [3.63, 3.8) is 0 Å². The molecule has 2 aliphatic rings. The average molecular weight is 658 g/mol. The van der Waals surface area contributed by atoms with Crippen molar-refractivity contribution in [2.75, 3.05) is 0 Å². The number of allylic oxidation sites excluding steroid dienone is 3. The van der Waals surface area contributed by atoms with Crippen molar-refractivity contribution in [2.24, 2.45) is 5.92 Å². The van der Waals surface area contributed by atoms with E-state index < -0.39 is 78.2 Å². The molecule has 3 nitrogen and oxygen atoms in total. The smallest absolute Gasteiger partial charge is 0.416 e. The van der Waals surface area contributed by atoms with Gasteiger partial charge in [-0.2, -0.15) is 39.5 Å². The van der Waals surface area contributed by atoms with Crippen molar-refractivity contribution in [3.8, 4) is 22.3 Å². The summed E-state index contributed by atoms with van der Waals surface area (Å²) in [6.07, 6.45) is -18.0. The molecule has 1 aliphatic heterocycles. The number of aryl methyl sites for hydroxylation is 1. The van der Waals surface area contributed by atoms with E-state index in [9.17, 15) is 44.3 Å². The highest BCUT2D eigenvalue weighted by molar-refractivity contribution is 5.77. The van der Waals surface area contributed by atoms with E-state index in [1.807, 2.05) is 13.0 Å². The van der Waals surface area contributed by atoms with Gasteiger partial charge in [0.15, 0.2) is 0 Å². The van der Waals surface area contributed by atoms with Crippen LogP contribution in [0.5, 0.6) is 0 Å². The Morgan fingerprint density at radius 2 is 1.52 bits per heavy atom. The molecule has 3 atom stereocenters. The highest BCUT2D eigenvalue weighted by Gasteiger charge is 2.48. The lowest BCUT2D eigenvalue weighted by atomic mass is 9.83. The molecule has 244 valence electrons. The lowest BCUT2D eigenvalue weighted by molar-refractivity contribution is -0.137. The van der Waals surface area contributed by atoms with Crippen molar-refractivity contribution in [3.05, 3.63) is 106 Å². The molecule has 0 N–H and O–H groups in total. The van der Waals surface area contributed by atoms with Gasteiger partial charge >= 0.3 is 24.6 Å². The number of hydrogen-bond acceptors (Lipinski definition) is 2. The van der Waals surface area contributed by atoms with Gasteiger partial charge in [-0.25, -0.2) is 9.18 Å². The van der Waals surface area contributed by atoms with Gasteiger partial charge in [-0.3, -0.25) is 4.90 Å². The van der Waals surface area contributed by atoms with Gasteiger partial charge in [0.1, 0.15) is 11.9 Å². The van der Waals surface area contributed by atoms with E-state index >= 15 is 4.39 Å². The van der Waals surface area contributed by atoms with Crippen molar-refractivity contribution < 1.29 is 53.4 Å². The first-order valence-corrected chi connectivity index (χ1v) is 13.9. The van der Waals surface area contributed by atoms with Gasteiger partial charge in [0.05, 0.1) is 23.7 Å². The topological polar surface area (TPSA) is 29.5 Å². The van der Waals surface area contributed by atoms with Crippen molar-refractivity contribution >= 4 is 6.09 Å². The summed E-state index contributed by atoms with van der Waals surface area (Å²) in [7, 11) is 0. The minimum Gasteiger partial charge on any atom is -0.443 e. The summed E-state index contributed by atoms with van der Waals surface area (Å²) in [6.45, 7) is 2.54. The van der Waals surface area contributed by atoms with E-state index in [0.717, 1.165) is 40.3 Å². The maximum atomic E-state index is 15.3. The van der Waals surface area contributed by atoms with Gasteiger partial charge in [-0.1, -0.05) is 42.5 Å². The third-order valence-electron chi connectivity index (χ3n) is 8.22. The number of benzene rings is 3. The SMILES string of the molecule is Cc1ccccc1-c1ccc(F)c(-c2ccc(C(F)(F)F)cc2CN2C(=O)O[C@H](C3C=C(C(F)(F)F)C=C(C(F)(F)F)C3)[C@@H]2C)c1. The van der Waals surface area contributed by atoms with E-state index in [0.29, 0.717) is 11.6 Å². The zero-order valence-corrected chi connectivity index (χ0v) is 24.1. The quantitative estimate of drug-likeness (QED) is 0.256. The first-order valence-electron chi connectivity index (χ1n) is 13.9. The number of cyclic esters (lactones) is 1. The van der Waals surface area contributed by atoms with Crippen LogP contribution in [0.15, 0.2) is 84.0 Å². The van der Waals surface area contributed by atoms with Crippen LogP contribution in [-0.4, -0.2) is 35.5 Å². The summed E-state index contributed by atoms with van der Waals surface area (Å²) in [5.74, 6) is -2.31. The number of amides is 1. The molecule has 46 heavy (non-hydrogen) atoms. The predicted octanol–water partition coefficient (Wildman–Crippen LogP) is 10.2. The fourth-order valence-electron chi connectivity index (χ4n) is 5.85. The number of alkyl halides is 9. The van der Waals surface area contributed by atoms with Gasteiger partial charge in [0.2, 0.25) is 0 Å². The van der Waals surface area contributed by atoms with E-state index in [1.54, 1.807) is 18.2 Å². The van der Waals surface area contributed by atoms with Crippen LogP contribution in [0.25, 0.3) is 22.3 Å². The van der Waals surface area contributed by atoms with E-state index in [1.165, 1.54) is 19.1 Å². The minimum absolute atomic E-state index is 0.00333. The third-order valence-corrected chi connectivity index (χ3v) is 8.22. The maximum absolute atomic E-state index is 15.3.